The Kier molecular flexibility index (Phi) is 14.5. The van der Waals surface area contributed by atoms with Crippen molar-refractivity contribution in [1.29, 1.82) is 5.26 Å². The standard InChI is InChI=1S/C44H43ClN4O4.ClH/c1-32-5-16-39(17-6-32)51-25-3-4-34-7-11-36(12-8-34)30-48-21-23-49(24-22-48)43(50)20-15-38-26-33(2)44(41(45)27-38)53-42-19-18-40(29-47-42)52-31-37-13-9-35(28-46)10-14-37;/h5-20,26-27,29H,3-4,21-25,30-31H2,1-2H3;1H/b20-15+;. The van der Waals surface area contributed by atoms with Crippen molar-refractivity contribution in [2.24, 2.45) is 0 Å². The molecule has 0 bridgehead atoms. The minimum Gasteiger partial charge on any atom is -0.494 e. The summed E-state index contributed by atoms with van der Waals surface area (Å²) >= 11 is 6.63. The van der Waals surface area contributed by atoms with Crippen LogP contribution in [0.2, 0.25) is 5.02 Å². The van der Waals surface area contributed by atoms with Gasteiger partial charge in [0.2, 0.25) is 11.8 Å². The largest absolute Gasteiger partial charge is 0.494 e. The molecule has 0 aliphatic carbocycles. The van der Waals surface area contributed by atoms with E-state index in [1.165, 1.54) is 16.7 Å². The number of benzene rings is 4. The van der Waals surface area contributed by atoms with Crippen molar-refractivity contribution >= 4 is 36.0 Å². The first-order valence-corrected chi connectivity index (χ1v) is 18.2. The lowest BCUT2D eigenvalue weighted by molar-refractivity contribution is -0.127. The van der Waals surface area contributed by atoms with E-state index in [4.69, 9.17) is 31.1 Å². The molecule has 0 radical (unpaired) electrons. The fraction of sp³-hybridized carbons (Fsp3) is 0.250. The molecule has 1 aromatic heterocycles. The number of hydrogen-bond acceptors (Lipinski definition) is 7. The Morgan fingerprint density at radius 2 is 1.54 bits per heavy atom. The fourth-order valence-electron chi connectivity index (χ4n) is 6.01. The molecule has 1 saturated heterocycles. The maximum absolute atomic E-state index is 13.1. The van der Waals surface area contributed by atoms with Gasteiger partial charge in [-0.25, -0.2) is 4.98 Å². The zero-order valence-corrected chi connectivity index (χ0v) is 32.1. The van der Waals surface area contributed by atoms with Gasteiger partial charge in [-0.05, 0) is 103 Å². The molecular formula is C44H44Cl2N4O4. The van der Waals surface area contributed by atoms with Gasteiger partial charge in [0.05, 0.1) is 29.5 Å². The number of hydrogen-bond donors (Lipinski definition) is 0. The minimum atomic E-state index is -0.0137. The zero-order chi connectivity index (χ0) is 37.0. The number of amides is 1. The minimum absolute atomic E-state index is 0. The molecule has 8 nitrogen and oxygen atoms in total. The molecular weight excluding hydrogens is 719 g/mol. The summed E-state index contributed by atoms with van der Waals surface area (Å²) in [5.74, 6) is 2.38. The SMILES string of the molecule is Cc1ccc(OCCCc2ccc(CN3CCN(C(=O)/C=C/c4cc(C)c(Oc5ccc(OCc6ccc(C#N)cc6)cn5)c(Cl)c4)CC3)cc2)cc1.Cl. The molecule has 1 aliphatic rings. The monoisotopic (exact) mass is 762 g/mol. The van der Waals surface area contributed by atoms with Gasteiger partial charge in [0, 0.05) is 44.9 Å². The Morgan fingerprint density at radius 3 is 2.20 bits per heavy atom. The van der Waals surface area contributed by atoms with Crippen LogP contribution in [0.25, 0.3) is 6.08 Å². The summed E-state index contributed by atoms with van der Waals surface area (Å²) in [5, 5.41) is 9.38. The maximum Gasteiger partial charge on any atom is 0.246 e. The lowest BCUT2D eigenvalue weighted by Gasteiger charge is -2.34. The average Bonchev–Trinajstić information content (AvgIpc) is 3.18. The van der Waals surface area contributed by atoms with Gasteiger partial charge in [0.25, 0.3) is 0 Å². The van der Waals surface area contributed by atoms with Crippen molar-refractivity contribution in [2.45, 2.75) is 39.8 Å². The molecule has 1 fully saturated rings. The van der Waals surface area contributed by atoms with E-state index in [0.717, 1.165) is 54.9 Å². The van der Waals surface area contributed by atoms with E-state index in [9.17, 15) is 4.79 Å². The molecule has 0 atom stereocenters. The van der Waals surface area contributed by atoms with Crippen LogP contribution >= 0.6 is 24.0 Å². The van der Waals surface area contributed by atoms with Gasteiger partial charge in [-0.2, -0.15) is 5.26 Å². The molecule has 2 heterocycles. The highest BCUT2D eigenvalue weighted by molar-refractivity contribution is 6.32. The fourth-order valence-corrected chi connectivity index (χ4v) is 6.33. The van der Waals surface area contributed by atoms with Crippen molar-refractivity contribution in [3.8, 4) is 29.2 Å². The number of aromatic nitrogens is 1. The van der Waals surface area contributed by atoms with E-state index in [0.29, 0.717) is 54.3 Å². The number of carbonyl (C=O) groups excluding carboxylic acids is 1. The van der Waals surface area contributed by atoms with E-state index in [1.807, 2.05) is 42.2 Å². The highest BCUT2D eigenvalue weighted by Crippen LogP contribution is 2.34. The second-order valence-electron chi connectivity index (χ2n) is 13.2. The van der Waals surface area contributed by atoms with E-state index in [2.05, 4.69) is 59.3 Å². The molecule has 1 aliphatic heterocycles. The van der Waals surface area contributed by atoms with Crippen LogP contribution in [-0.2, 0) is 24.4 Å². The van der Waals surface area contributed by atoms with Gasteiger partial charge in [-0.1, -0.05) is 65.7 Å². The first kappa shape index (κ1) is 39.9. The Balaban J connectivity index is 0.00000561. The molecule has 10 heteroatoms. The van der Waals surface area contributed by atoms with Crippen molar-refractivity contribution in [1.82, 2.24) is 14.8 Å². The van der Waals surface area contributed by atoms with Crippen LogP contribution in [0, 0.1) is 25.2 Å². The van der Waals surface area contributed by atoms with Gasteiger partial charge < -0.3 is 19.1 Å². The van der Waals surface area contributed by atoms with Crippen LogP contribution < -0.4 is 14.2 Å². The summed E-state index contributed by atoms with van der Waals surface area (Å²) in [4.78, 5) is 21.7. The maximum atomic E-state index is 13.1. The third-order valence-corrected chi connectivity index (χ3v) is 9.37. The van der Waals surface area contributed by atoms with Crippen molar-refractivity contribution < 1.29 is 19.0 Å². The number of halogens is 2. The molecule has 54 heavy (non-hydrogen) atoms. The topological polar surface area (TPSA) is 87.9 Å². The van der Waals surface area contributed by atoms with Gasteiger partial charge in [-0.15, -0.1) is 12.4 Å². The van der Waals surface area contributed by atoms with E-state index >= 15 is 0 Å². The molecule has 0 unspecified atom stereocenters. The smallest absolute Gasteiger partial charge is 0.246 e. The first-order chi connectivity index (χ1) is 25.8. The summed E-state index contributed by atoms with van der Waals surface area (Å²) in [5.41, 5.74) is 7.02. The number of carbonyl (C=O) groups is 1. The molecule has 0 spiro atoms. The third kappa shape index (κ3) is 11.6. The Bertz CT molecular complexity index is 2010. The quantitative estimate of drug-likeness (QED) is 0.0823. The number of nitrogens with zero attached hydrogens (tertiary/aromatic N) is 4. The van der Waals surface area contributed by atoms with Gasteiger partial charge in [0.1, 0.15) is 18.1 Å². The molecule has 4 aromatic carbocycles. The Hall–Kier alpha value is -5.33. The van der Waals surface area contributed by atoms with Gasteiger partial charge >= 0.3 is 0 Å². The molecule has 278 valence electrons. The second-order valence-corrected chi connectivity index (χ2v) is 13.6. The van der Waals surface area contributed by atoms with Gasteiger partial charge in [0.15, 0.2) is 5.75 Å². The van der Waals surface area contributed by atoms with Crippen LogP contribution in [0.1, 0.15) is 45.4 Å². The zero-order valence-electron chi connectivity index (χ0n) is 30.5. The van der Waals surface area contributed by atoms with Crippen molar-refractivity contribution in [3.05, 3.63) is 153 Å². The van der Waals surface area contributed by atoms with Crippen LogP contribution in [0.3, 0.4) is 0 Å². The number of aryl methyl sites for hydroxylation is 3. The van der Waals surface area contributed by atoms with Gasteiger partial charge in [-0.3, -0.25) is 9.69 Å². The number of rotatable bonds is 14. The lowest BCUT2D eigenvalue weighted by atomic mass is 10.1. The number of ether oxygens (including phenoxy) is 3. The normalized spacial score (nSPS) is 12.9. The summed E-state index contributed by atoms with van der Waals surface area (Å²) in [6.45, 7) is 8.93. The first-order valence-electron chi connectivity index (χ1n) is 17.8. The van der Waals surface area contributed by atoms with Crippen LogP contribution in [0.4, 0.5) is 0 Å². The summed E-state index contributed by atoms with van der Waals surface area (Å²) in [6.07, 6.45) is 6.96. The summed E-state index contributed by atoms with van der Waals surface area (Å²) in [7, 11) is 0. The third-order valence-electron chi connectivity index (χ3n) is 9.09. The molecule has 0 saturated carbocycles. The van der Waals surface area contributed by atoms with E-state index in [1.54, 1.807) is 48.7 Å². The number of nitriles is 1. The molecule has 1 amide bonds. The lowest BCUT2D eigenvalue weighted by Crippen LogP contribution is -2.47. The predicted octanol–water partition coefficient (Wildman–Crippen LogP) is 9.39. The number of pyridine rings is 1. The Labute approximate surface area is 329 Å². The highest BCUT2D eigenvalue weighted by atomic mass is 35.5. The molecule has 0 N–H and O–H groups in total. The van der Waals surface area contributed by atoms with E-state index < -0.39 is 0 Å². The predicted molar refractivity (Wildman–Crippen MR) is 216 cm³/mol. The molecule has 5 aromatic rings. The van der Waals surface area contributed by atoms with Crippen molar-refractivity contribution in [3.63, 3.8) is 0 Å². The van der Waals surface area contributed by atoms with Crippen LogP contribution in [0.15, 0.2) is 109 Å². The average molecular weight is 764 g/mol. The highest BCUT2D eigenvalue weighted by Gasteiger charge is 2.20. The summed E-state index contributed by atoms with van der Waals surface area (Å²) < 4.78 is 17.7. The Morgan fingerprint density at radius 1 is 0.852 bits per heavy atom. The van der Waals surface area contributed by atoms with Crippen molar-refractivity contribution in [2.75, 3.05) is 32.8 Å². The second kappa shape index (κ2) is 19.7. The molecule has 6 rings (SSSR count). The van der Waals surface area contributed by atoms with Crippen LogP contribution in [0.5, 0.6) is 23.1 Å². The van der Waals surface area contributed by atoms with Crippen LogP contribution in [-0.4, -0.2) is 53.5 Å². The summed E-state index contributed by atoms with van der Waals surface area (Å²) in [6, 6.07) is 33.6. The van der Waals surface area contributed by atoms with E-state index in [-0.39, 0.29) is 18.3 Å². The number of piperazine rings is 1.